The van der Waals surface area contributed by atoms with Crippen molar-refractivity contribution in [2.45, 2.75) is 26.3 Å². The highest BCUT2D eigenvalue weighted by molar-refractivity contribution is 7.16. The van der Waals surface area contributed by atoms with Gasteiger partial charge in [0.25, 0.3) is 5.91 Å². The maximum absolute atomic E-state index is 12.9. The number of esters is 2. The molecule has 1 heterocycles. The number of fused-ring (bicyclic) bond motifs is 1. The van der Waals surface area contributed by atoms with Crippen molar-refractivity contribution in [3.8, 4) is 0 Å². The number of para-hydroxylation sites is 1. The minimum absolute atomic E-state index is 0.256. The van der Waals surface area contributed by atoms with Crippen LogP contribution in [-0.2, 0) is 14.3 Å². The zero-order chi connectivity index (χ0) is 21.7. The number of ether oxygens (including phenoxy) is 2. The molecule has 1 unspecified atom stereocenters. The van der Waals surface area contributed by atoms with Crippen molar-refractivity contribution in [3.63, 3.8) is 0 Å². The summed E-state index contributed by atoms with van der Waals surface area (Å²) in [6.07, 6.45) is 0.485. The Balaban J connectivity index is 2.13. The molecule has 0 saturated heterocycles. The highest BCUT2D eigenvalue weighted by Crippen LogP contribution is 2.23. The van der Waals surface area contributed by atoms with E-state index in [9.17, 15) is 14.4 Å². The summed E-state index contributed by atoms with van der Waals surface area (Å²) in [7, 11) is 1.28. The first kappa shape index (κ1) is 21.4. The summed E-state index contributed by atoms with van der Waals surface area (Å²) < 4.78 is 12.6. The minimum Gasteiger partial charge on any atom is -0.465 e. The van der Waals surface area contributed by atoms with E-state index in [1.165, 1.54) is 24.5 Å². The van der Waals surface area contributed by atoms with Gasteiger partial charge >= 0.3 is 11.9 Å². The van der Waals surface area contributed by atoms with Crippen LogP contribution in [0.1, 0.15) is 47.0 Å². The van der Waals surface area contributed by atoms with Crippen LogP contribution in [0.25, 0.3) is 10.2 Å². The Morgan fingerprint density at radius 2 is 1.80 bits per heavy atom. The summed E-state index contributed by atoms with van der Waals surface area (Å²) in [6, 6.07) is 13.1. The van der Waals surface area contributed by atoms with Gasteiger partial charge in [0.15, 0.2) is 4.80 Å². The van der Waals surface area contributed by atoms with E-state index in [-0.39, 0.29) is 23.7 Å². The molecule has 0 aliphatic heterocycles. The molecule has 3 aromatic rings. The molecular formula is C22H22N2O5S. The molecule has 0 aliphatic carbocycles. The zero-order valence-corrected chi connectivity index (χ0v) is 17.8. The standard InChI is InChI=1S/C22H22N2O5S/c1-4-16(21(27)29-5-2)24-17-11-6-7-12-18(17)30-22(24)23-19(25)14-9-8-10-15(13-14)20(26)28-3/h6-13,16H,4-5H2,1-3H3. The highest BCUT2D eigenvalue weighted by atomic mass is 32.1. The van der Waals surface area contributed by atoms with Gasteiger partial charge in [0.1, 0.15) is 6.04 Å². The maximum Gasteiger partial charge on any atom is 0.337 e. The molecule has 0 N–H and O–H groups in total. The Morgan fingerprint density at radius 3 is 2.50 bits per heavy atom. The largest absolute Gasteiger partial charge is 0.465 e. The van der Waals surface area contributed by atoms with E-state index in [2.05, 4.69) is 4.99 Å². The Labute approximate surface area is 177 Å². The molecule has 30 heavy (non-hydrogen) atoms. The third kappa shape index (κ3) is 4.33. The number of rotatable bonds is 6. The summed E-state index contributed by atoms with van der Waals surface area (Å²) in [5.74, 6) is -1.42. The van der Waals surface area contributed by atoms with Gasteiger partial charge in [0, 0.05) is 5.56 Å². The number of carbonyl (C=O) groups is 3. The molecular weight excluding hydrogens is 404 g/mol. The SMILES string of the molecule is CCOC(=O)C(CC)n1c(=NC(=O)c2cccc(C(=O)OC)c2)sc2ccccc21. The first-order chi connectivity index (χ1) is 14.5. The summed E-state index contributed by atoms with van der Waals surface area (Å²) in [5.41, 5.74) is 1.32. The van der Waals surface area contributed by atoms with Crippen molar-refractivity contribution >= 4 is 39.4 Å². The molecule has 156 valence electrons. The van der Waals surface area contributed by atoms with E-state index >= 15 is 0 Å². The molecule has 0 bridgehead atoms. The summed E-state index contributed by atoms with van der Waals surface area (Å²) in [5, 5.41) is 0. The van der Waals surface area contributed by atoms with E-state index in [0.717, 1.165) is 10.2 Å². The predicted molar refractivity (Wildman–Crippen MR) is 113 cm³/mol. The van der Waals surface area contributed by atoms with Gasteiger partial charge in [-0.25, -0.2) is 9.59 Å². The maximum atomic E-state index is 12.9. The summed E-state index contributed by atoms with van der Waals surface area (Å²) in [4.78, 5) is 41.9. The third-order valence-electron chi connectivity index (χ3n) is 4.52. The number of amides is 1. The Morgan fingerprint density at radius 1 is 1.07 bits per heavy atom. The molecule has 0 saturated carbocycles. The van der Waals surface area contributed by atoms with Gasteiger partial charge in [-0.1, -0.05) is 36.5 Å². The second-order valence-corrected chi connectivity index (χ2v) is 7.40. The first-order valence-corrected chi connectivity index (χ1v) is 10.4. The Bertz CT molecular complexity index is 1160. The first-order valence-electron chi connectivity index (χ1n) is 9.54. The molecule has 0 fully saturated rings. The number of carbonyl (C=O) groups excluding carboxylic acids is 3. The smallest absolute Gasteiger partial charge is 0.337 e. The third-order valence-corrected chi connectivity index (χ3v) is 5.55. The molecule has 1 amide bonds. The van der Waals surface area contributed by atoms with Gasteiger partial charge < -0.3 is 14.0 Å². The zero-order valence-electron chi connectivity index (χ0n) is 17.0. The topological polar surface area (TPSA) is 87.0 Å². The molecule has 0 aliphatic rings. The summed E-state index contributed by atoms with van der Waals surface area (Å²) in [6.45, 7) is 3.90. The lowest BCUT2D eigenvalue weighted by Gasteiger charge is -2.16. The van der Waals surface area contributed by atoms with Crippen molar-refractivity contribution in [2.24, 2.45) is 4.99 Å². The van der Waals surface area contributed by atoms with Crippen LogP contribution in [-0.4, -0.2) is 36.1 Å². The van der Waals surface area contributed by atoms with Crippen LogP contribution >= 0.6 is 11.3 Å². The quantitative estimate of drug-likeness (QED) is 0.561. The Kier molecular flexibility index (Phi) is 6.79. The number of thiazole rings is 1. The van der Waals surface area contributed by atoms with Gasteiger partial charge in [-0.2, -0.15) is 4.99 Å². The van der Waals surface area contributed by atoms with E-state index in [0.29, 0.717) is 11.2 Å². The van der Waals surface area contributed by atoms with Crippen molar-refractivity contribution in [1.29, 1.82) is 0 Å². The molecule has 3 rings (SSSR count). The number of aromatic nitrogens is 1. The van der Waals surface area contributed by atoms with Crippen molar-refractivity contribution in [3.05, 3.63) is 64.5 Å². The van der Waals surface area contributed by atoms with E-state index in [1.807, 2.05) is 31.2 Å². The second-order valence-electron chi connectivity index (χ2n) is 6.39. The van der Waals surface area contributed by atoms with E-state index in [1.54, 1.807) is 29.7 Å². The average Bonchev–Trinajstić information content (AvgIpc) is 3.12. The van der Waals surface area contributed by atoms with Crippen LogP contribution in [0, 0.1) is 0 Å². The van der Waals surface area contributed by atoms with Gasteiger partial charge in [-0.05, 0) is 43.7 Å². The molecule has 2 aromatic carbocycles. The second kappa shape index (κ2) is 9.49. The predicted octanol–water partition coefficient (Wildman–Crippen LogP) is 3.74. The van der Waals surface area contributed by atoms with Gasteiger partial charge in [-0.3, -0.25) is 4.79 Å². The lowest BCUT2D eigenvalue weighted by Crippen LogP contribution is -2.29. The fourth-order valence-electron chi connectivity index (χ4n) is 3.11. The Hall–Kier alpha value is -3.26. The van der Waals surface area contributed by atoms with Gasteiger partial charge in [0.05, 0.1) is 29.5 Å². The molecule has 1 atom stereocenters. The number of nitrogens with zero attached hydrogens (tertiary/aromatic N) is 2. The van der Waals surface area contributed by atoms with Crippen LogP contribution < -0.4 is 4.80 Å². The molecule has 7 nitrogen and oxygen atoms in total. The normalized spacial score (nSPS) is 12.6. The van der Waals surface area contributed by atoms with Crippen molar-refractivity contribution < 1.29 is 23.9 Å². The van der Waals surface area contributed by atoms with Crippen LogP contribution in [0.3, 0.4) is 0 Å². The monoisotopic (exact) mass is 426 g/mol. The summed E-state index contributed by atoms with van der Waals surface area (Å²) >= 11 is 1.32. The molecule has 8 heteroatoms. The average molecular weight is 426 g/mol. The van der Waals surface area contributed by atoms with Crippen LogP contribution in [0.2, 0.25) is 0 Å². The lowest BCUT2D eigenvalue weighted by molar-refractivity contribution is -0.147. The van der Waals surface area contributed by atoms with Gasteiger partial charge in [0.2, 0.25) is 0 Å². The van der Waals surface area contributed by atoms with E-state index in [4.69, 9.17) is 9.47 Å². The number of hydrogen-bond donors (Lipinski definition) is 0. The fraction of sp³-hybridized carbons (Fsp3) is 0.273. The minimum atomic E-state index is -0.603. The van der Waals surface area contributed by atoms with Crippen molar-refractivity contribution in [1.82, 2.24) is 4.57 Å². The molecule has 0 radical (unpaired) electrons. The van der Waals surface area contributed by atoms with Gasteiger partial charge in [-0.15, -0.1) is 0 Å². The lowest BCUT2D eigenvalue weighted by atomic mass is 10.1. The van der Waals surface area contributed by atoms with Crippen LogP contribution in [0.4, 0.5) is 0 Å². The van der Waals surface area contributed by atoms with Crippen molar-refractivity contribution in [2.75, 3.05) is 13.7 Å². The number of hydrogen-bond acceptors (Lipinski definition) is 6. The number of methoxy groups -OCH3 is 1. The number of benzene rings is 2. The fourth-order valence-corrected chi connectivity index (χ4v) is 4.18. The van der Waals surface area contributed by atoms with E-state index < -0.39 is 17.9 Å². The molecule has 0 spiro atoms. The highest BCUT2D eigenvalue weighted by Gasteiger charge is 2.24. The van der Waals surface area contributed by atoms with Crippen LogP contribution in [0.15, 0.2) is 53.5 Å². The molecule has 1 aromatic heterocycles. The van der Waals surface area contributed by atoms with Crippen LogP contribution in [0.5, 0.6) is 0 Å².